The molecule has 104 valence electrons. The minimum Gasteiger partial charge on any atom is -0.351 e. The van der Waals surface area contributed by atoms with Crippen LogP contribution in [0.3, 0.4) is 0 Å². The van der Waals surface area contributed by atoms with Crippen molar-refractivity contribution in [2.75, 3.05) is 46.3 Å². The molecule has 1 aromatic rings. The van der Waals surface area contributed by atoms with Crippen LogP contribution in [0.1, 0.15) is 15.9 Å². The molecule has 0 aromatic heterocycles. The van der Waals surface area contributed by atoms with Crippen LogP contribution in [0.5, 0.6) is 0 Å². The van der Waals surface area contributed by atoms with E-state index >= 15 is 0 Å². The van der Waals surface area contributed by atoms with Gasteiger partial charge < -0.3 is 10.2 Å². The highest BCUT2D eigenvalue weighted by Crippen LogP contribution is 2.03. The van der Waals surface area contributed by atoms with Gasteiger partial charge in [0.05, 0.1) is 0 Å². The van der Waals surface area contributed by atoms with Crippen LogP contribution in [0, 0.1) is 6.92 Å². The van der Waals surface area contributed by atoms with Crippen molar-refractivity contribution in [3.63, 3.8) is 0 Å². The Kier molecular flexibility index (Phi) is 4.93. The molecule has 1 aromatic carbocycles. The Hall–Kier alpha value is -1.39. The van der Waals surface area contributed by atoms with Crippen molar-refractivity contribution in [1.29, 1.82) is 0 Å². The summed E-state index contributed by atoms with van der Waals surface area (Å²) < 4.78 is 0. The van der Waals surface area contributed by atoms with Gasteiger partial charge in [-0.2, -0.15) is 0 Å². The van der Waals surface area contributed by atoms with Gasteiger partial charge in [-0.1, -0.05) is 17.7 Å². The monoisotopic (exact) mass is 261 g/mol. The summed E-state index contributed by atoms with van der Waals surface area (Å²) in [4.78, 5) is 16.6. The van der Waals surface area contributed by atoms with Gasteiger partial charge in [-0.05, 0) is 26.1 Å². The van der Waals surface area contributed by atoms with E-state index in [1.807, 2.05) is 31.2 Å². The van der Waals surface area contributed by atoms with Gasteiger partial charge in [-0.3, -0.25) is 9.69 Å². The van der Waals surface area contributed by atoms with Crippen LogP contribution in [-0.2, 0) is 0 Å². The quantitative estimate of drug-likeness (QED) is 0.877. The summed E-state index contributed by atoms with van der Waals surface area (Å²) in [6, 6.07) is 7.69. The fourth-order valence-corrected chi connectivity index (χ4v) is 2.21. The van der Waals surface area contributed by atoms with Crippen molar-refractivity contribution >= 4 is 5.91 Å². The number of hydrogen-bond donors (Lipinski definition) is 1. The molecule has 1 fully saturated rings. The molecule has 1 aliphatic heterocycles. The SMILES string of the molecule is Cc1ccc(C(=O)NCCN2CCN(C)CC2)cc1. The average Bonchev–Trinajstić information content (AvgIpc) is 2.41. The summed E-state index contributed by atoms with van der Waals surface area (Å²) >= 11 is 0. The van der Waals surface area contributed by atoms with E-state index in [9.17, 15) is 4.79 Å². The van der Waals surface area contributed by atoms with Crippen molar-refractivity contribution in [1.82, 2.24) is 15.1 Å². The number of amides is 1. The van der Waals surface area contributed by atoms with E-state index in [-0.39, 0.29) is 5.91 Å². The lowest BCUT2D eigenvalue weighted by Crippen LogP contribution is -2.46. The number of benzene rings is 1. The molecule has 1 heterocycles. The van der Waals surface area contributed by atoms with E-state index in [4.69, 9.17) is 0 Å². The summed E-state index contributed by atoms with van der Waals surface area (Å²) in [6.07, 6.45) is 0. The molecule has 1 saturated heterocycles. The van der Waals surface area contributed by atoms with Crippen LogP contribution in [-0.4, -0.2) is 62.0 Å². The highest BCUT2D eigenvalue weighted by molar-refractivity contribution is 5.94. The first-order valence-corrected chi connectivity index (χ1v) is 6.91. The summed E-state index contributed by atoms with van der Waals surface area (Å²) in [6.45, 7) is 8.10. The van der Waals surface area contributed by atoms with Crippen LogP contribution < -0.4 is 5.32 Å². The van der Waals surface area contributed by atoms with Gasteiger partial charge in [0.15, 0.2) is 0 Å². The number of piperazine rings is 1. The predicted octanol–water partition coefficient (Wildman–Crippen LogP) is 0.972. The molecule has 4 nitrogen and oxygen atoms in total. The van der Waals surface area contributed by atoms with E-state index in [1.54, 1.807) is 0 Å². The van der Waals surface area contributed by atoms with Crippen molar-refractivity contribution < 1.29 is 4.79 Å². The van der Waals surface area contributed by atoms with Gasteiger partial charge in [0, 0.05) is 44.8 Å². The second-order valence-corrected chi connectivity index (χ2v) is 5.27. The van der Waals surface area contributed by atoms with E-state index < -0.39 is 0 Å². The third-order valence-electron chi connectivity index (χ3n) is 3.62. The smallest absolute Gasteiger partial charge is 0.251 e. The Balaban J connectivity index is 1.70. The zero-order valence-electron chi connectivity index (χ0n) is 11.9. The number of carbonyl (C=O) groups is 1. The molecular formula is C15H23N3O. The van der Waals surface area contributed by atoms with E-state index in [0.29, 0.717) is 0 Å². The maximum Gasteiger partial charge on any atom is 0.251 e. The first kappa shape index (κ1) is 14.0. The number of aryl methyl sites for hydroxylation is 1. The fourth-order valence-electron chi connectivity index (χ4n) is 2.21. The number of hydrogen-bond acceptors (Lipinski definition) is 3. The van der Waals surface area contributed by atoms with Gasteiger partial charge >= 0.3 is 0 Å². The standard InChI is InChI=1S/C15H23N3O/c1-13-3-5-14(6-4-13)15(19)16-7-8-18-11-9-17(2)10-12-18/h3-6H,7-12H2,1-2H3,(H,16,19). The van der Waals surface area contributed by atoms with Crippen LogP contribution >= 0.6 is 0 Å². The molecule has 0 unspecified atom stereocenters. The number of nitrogens with one attached hydrogen (secondary N) is 1. The normalized spacial score (nSPS) is 17.4. The van der Waals surface area contributed by atoms with Gasteiger partial charge in [0.25, 0.3) is 5.91 Å². The summed E-state index contributed by atoms with van der Waals surface area (Å²) in [7, 11) is 2.15. The van der Waals surface area contributed by atoms with Crippen molar-refractivity contribution in [2.24, 2.45) is 0 Å². The molecular weight excluding hydrogens is 238 g/mol. The summed E-state index contributed by atoms with van der Waals surface area (Å²) in [5.41, 5.74) is 1.91. The number of carbonyl (C=O) groups excluding carboxylic acids is 1. The average molecular weight is 261 g/mol. The minimum atomic E-state index is 0.0223. The lowest BCUT2D eigenvalue weighted by atomic mass is 10.1. The molecule has 0 atom stereocenters. The number of rotatable bonds is 4. The molecule has 1 N–H and O–H groups in total. The molecule has 0 spiro atoms. The molecule has 2 rings (SSSR count). The molecule has 19 heavy (non-hydrogen) atoms. The fraction of sp³-hybridized carbons (Fsp3) is 0.533. The molecule has 0 radical (unpaired) electrons. The maximum atomic E-state index is 11.9. The summed E-state index contributed by atoms with van der Waals surface area (Å²) in [5, 5.41) is 2.98. The predicted molar refractivity (Wildman–Crippen MR) is 77.4 cm³/mol. The lowest BCUT2D eigenvalue weighted by Gasteiger charge is -2.32. The van der Waals surface area contributed by atoms with Crippen molar-refractivity contribution in [3.05, 3.63) is 35.4 Å². The molecule has 4 heteroatoms. The number of likely N-dealkylation sites (N-methyl/N-ethyl adjacent to an activating group) is 1. The van der Waals surface area contributed by atoms with Crippen LogP contribution in [0.2, 0.25) is 0 Å². The number of nitrogens with zero attached hydrogens (tertiary/aromatic N) is 2. The first-order chi connectivity index (χ1) is 9.15. The van der Waals surface area contributed by atoms with Gasteiger partial charge in [0.2, 0.25) is 0 Å². The third kappa shape index (κ3) is 4.33. The second kappa shape index (κ2) is 6.68. The van der Waals surface area contributed by atoms with E-state index in [2.05, 4.69) is 22.2 Å². The van der Waals surface area contributed by atoms with Gasteiger partial charge in [0.1, 0.15) is 0 Å². The van der Waals surface area contributed by atoms with Gasteiger partial charge in [-0.15, -0.1) is 0 Å². The zero-order valence-corrected chi connectivity index (χ0v) is 11.9. The minimum absolute atomic E-state index is 0.0223. The third-order valence-corrected chi connectivity index (χ3v) is 3.62. The molecule has 0 aliphatic carbocycles. The molecule has 0 bridgehead atoms. The molecule has 1 aliphatic rings. The van der Waals surface area contributed by atoms with Crippen LogP contribution in [0.25, 0.3) is 0 Å². The van der Waals surface area contributed by atoms with Crippen LogP contribution in [0.4, 0.5) is 0 Å². The van der Waals surface area contributed by atoms with E-state index in [0.717, 1.165) is 44.8 Å². The topological polar surface area (TPSA) is 35.6 Å². The highest BCUT2D eigenvalue weighted by atomic mass is 16.1. The van der Waals surface area contributed by atoms with E-state index in [1.165, 1.54) is 5.56 Å². The molecule has 1 amide bonds. The second-order valence-electron chi connectivity index (χ2n) is 5.27. The van der Waals surface area contributed by atoms with Crippen molar-refractivity contribution in [2.45, 2.75) is 6.92 Å². The Labute approximate surface area is 115 Å². The Morgan fingerprint density at radius 1 is 1.16 bits per heavy atom. The Morgan fingerprint density at radius 2 is 1.79 bits per heavy atom. The van der Waals surface area contributed by atoms with Gasteiger partial charge in [-0.25, -0.2) is 0 Å². The first-order valence-electron chi connectivity index (χ1n) is 6.91. The highest BCUT2D eigenvalue weighted by Gasteiger charge is 2.13. The maximum absolute atomic E-state index is 11.9. The summed E-state index contributed by atoms with van der Waals surface area (Å²) in [5.74, 6) is 0.0223. The molecule has 0 saturated carbocycles. The zero-order chi connectivity index (χ0) is 13.7. The largest absolute Gasteiger partial charge is 0.351 e. The van der Waals surface area contributed by atoms with Crippen LogP contribution in [0.15, 0.2) is 24.3 Å². The Morgan fingerprint density at radius 3 is 2.42 bits per heavy atom. The Bertz CT molecular complexity index is 408. The van der Waals surface area contributed by atoms with Crippen molar-refractivity contribution in [3.8, 4) is 0 Å². The lowest BCUT2D eigenvalue weighted by molar-refractivity contribution is 0.0941.